The maximum absolute atomic E-state index is 13.3. The van der Waals surface area contributed by atoms with Crippen molar-refractivity contribution in [3.63, 3.8) is 0 Å². The minimum Gasteiger partial charge on any atom is -0.459 e. The molecule has 4 aromatic carbocycles. The first-order valence-electron chi connectivity index (χ1n) is 13.6. The molecule has 1 aliphatic rings. The Morgan fingerprint density at radius 3 is 2.51 bits per heavy atom. The first kappa shape index (κ1) is 26.9. The molecule has 206 valence electrons. The van der Waals surface area contributed by atoms with E-state index in [0.29, 0.717) is 18.7 Å². The van der Waals surface area contributed by atoms with E-state index in [1.807, 2.05) is 78.9 Å². The zero-order chi connectivity index (χ0) is 28.2. The number of ether oxygens (including phenoxy) is 2. The van der Waals surface area contributed by atoms with Crippen molar-refractivity contribution in [2.75, 3.05) is 5.32 Å². The van der Waals surface area contributed by atoms with Gasteiger partial charge in [0.1, 0.15) is 5.01 Å². The molecule has 1 aliphatic heterocycles. The number of allylic oxidation sites excluding steroid dienone is 1. The highest BCUT2D eigenvalue weighted by molar-refractivity contribution is 7.21. The molecule has 0 unspecified atom stereocenters. The highest BCUT2D eigenvalue weighted by Crippen LogP contribution is 2.33. The average Bonchev–Trinajstić information content (AvgIpc) is 3.44. The second kappa shape index (κ2) is 12.1. The van der Waals surface area contributed by atoms with E-state index in [0.717, 1.165) is 37.5 Å². The van der Waals surface area contributed by atoms with Gasteiger partial charge in [0.2, 0.25) is 6.29 Å². The summed E-state index contributed by atoms with van der Waals surface area (Å²) >= 11 is 1.66. The SMILES string of the molecule is Cc1ccc2nc(-c3ccc(NC(=O)C4=C[C@H](c5ccccc5)C[C@H](OCc5ccc(CO)cc5)O4)cc3)sc2c1. The summed E-state index contributed by atoms with van der Waals surface area (Å²) in [6.07, 6.45) is 1.87. The maximum atomic E-state index is 13.3. The van der Waals surface area contributed by atoms with Gasteiger partial charge in [-0.2, -0.15) is 0 Å². The van der Waals surface area contributed by atoms with Crippen LogP contribution in [0.1, 0.15) is 34.6 Å². The molecule has 0 bridgehead atoms. The van der Waals surface area contributed by atoms with Gasteiger partial charge in [-0.15, -0.1) is 11.3 Å². The first-order valence-corrected chi connectivity index (χ1v) is 14.4. The van der Waals surface area contributed by atoms with Gasteiger partial charge >= 0.3 is 0 Å². The number of aryl methyl sites for hydroxylation is 1. The minimum atomic E-state index is -0.589. The summed E-state index contributed by atoms with van der Waals surface area (Å²) in [7, 11) is 0. The number of nitrogens with one attached hydrogen (secondary N) is 1. The molecule has 2 N–H and O–H groups in total. The van der Waals surface area contributed by atoms with Crippen LogP contribution < -0.4 is 5.32 Å². The lowest BCUT2D eigenvalue weighted by Crippen LogP contribution is -2.29. The highest BCUT2D eigenvalue weighted by Gasteiger charge is 2.29. The molecule has 2 atom stereocenters. The minimum absolute atomic E-state index is 0.000674. The van der Waals surface area contributed by atoms with Gasteiger partial charge in [0, 0.05) is 23.6 Å². The molecule has 6 rings (SSSR count). The topological polar surface area (TPSA) is 80.7 Å². The predicted molar refractivity (Wildman–Crippen MR) is 162 cm³/mol. The van der Waals surface area contributed by atoms with Crippen LogP contribution in [-0.4, -0.2) is 22.3 Å². The van der Waals surface area contributed by atoms with E-state index in [1.54, 1.807) is 11.3 Å². The fourth-order valence-electron chi connectivity index (χ4n) is 4.83. The molecule has 0 saturated heterocycles. The van der Waals surface area contributed by atoms with E-state index in [4.69, 9.17) is 14.5 Å². The first-order chi connectivity index (χ1) is 20.0. The number of aliphatic hydroxyl groups is 1. The summed E-state index contributed by atoms with van der Waals surface area (Å²) in [4.78, 5) is 18.1. The number of hydrogen-bond donors (Lipinski definition) is 2. The third-order valence-corrected chi connectivity index (χ3v) is 8.15. The third-order valence-electron chi connectivity index (χ3n) is 7.08. The number of nitrogens with zero attached hydrogens (tertiary/aromatic N) is 1. The number of carbonyl (C=O) groups excluding carboxylic acids is 1. The molecule has 6 nitrogen and oxygen atoms in total. The lowest BCUT2D eigenvalue weighted by atomic mass is 9.93. The van der Waals surface area contributed by atoms with Crippen LogP contribution in [0.25, 0.3) is 20.8 Å². The summed E-state index contributed by atoms with van der Waals surface area (Å²) in [6, 6.07) is 31.6. The molecule has 0 fully saturated rings. The number of carbonyl (C=O) groups is 1. The Morgan fingerprint density at radius 2 is 1.76 bits per heavy atom. The number of aliphatic hydroxyl groups excluding tert-OH is 1. The van der Waals surface area contributed by atoms with Gasteiger partial charge in [0.25, 0.3) is 5.91 Å². The Hall–Kier alpha value is -4.30. The van der Waals surface area contributed by atoms with Gasteiger partial charge in [-0.05, 0) is 71.7 Å². The second-order valence-corrected chi connectivity index (χ2v) is 11.2. The van der Waals surface area contributed by atoms with Gasteiger partial charge in [0.15, 0.2) is 5.76 Å². The molecule has 1 amide bonds. The summed E-state index contributed by atoms with van der Waals surface area (Å²) < 4.78 is 13.3. The van der Waals surface area contributed by atoms with Gasteiger partial charge in [-0.1, -0.05) is 60.7 Å². The van der Waals surface area contributed by atoms with E-state index in [2.05, 4.69) is 36.5 Å². The Kier molecular flexibility index (Phi) is 7.91. The number of benzene rings is 4. The Labute approximate surface area is 242 Å². The van der Waals surface area contributed by atoms with E-state index in [9.17, 15) is 9.90 Å². The zero-order valence-corrected chi connectivity index (χ0v) is 23.4. The number of amides is 1. The van der Waals surface area contributed by atoms with Crippen molar-refractivity contribution in [1.82, 2.24) is 4.98 Å². The van der Waals surface area contributed by atoms with Crippen LogP contribution in [0.15, 0.2) is 109 Å². The predicted octanol–water partition coefficient (Wildman–Crippen LogP) is 7.33. The molecule has 0 saturated carbocycles. The molecule has 0 radical (unpaired) electrons. The number of anilines is 1. The normalized spacial score (nSPS) is 16.7. The van der Waals surface area contributed by atoms with Crippen molar-refractivity contribution in [2.45, 2.75) is 38.8 Å². The van der Waals surface area contributed by atoms with Crippen LogP contribution in [0.2, 0.25) is 0 Å². The van der Waals surface area contributed by atoms with Gasteiger partial charge in [-0.25, -0.2) is 4.98 Å². The molecular formula is C34H30N2O4S. The molecule has 5 aromatic rings. The summed E-state index contributed by atoms with van der Waals surface area (Å²) in [5, 5.41) is 13.2. The Balaban J connectivity index is 1.16. The monoisotopic (exact) mass is 562 g/mol. The number of aromatic nitrogens is 1. The lowest BCUT2D eigenvalue weighted by molar-refractivity contribution is -0.147. The summed E-state index contributed by atoms with van der Waals surface area (Å²) in [6.45, 7) is 2.41. The molecule has 7 heteroatoms. The van der Waals surface area contributed by atoms with Gasteiger partial charge in [-0.3, -0.25) is 4.79 Å². The standard InChI is InChI=1S/C34H30N2O4S/c1-22-7-16-29-31(17-22)41-34(36-29)26-12-14-28(15-13-26)35-33(38)30-18-27(25-5-3-2-4-6-25)19-32(40-30)39-21-24-10-8-23(20-37)9-11-24/h2-18,27,32,37H,19-21H2,1H3,(H,35,38)/t27-,32+/m0/s1. The number of rotatable bonds is 8. The van der Waals surface area contributed by atoms with Crippen LogP contribution in [0, 0.1) is 6.92 Å². The van der Waals surface area contributed by atoms with Gasteiger partial charge in [0.05, 0.1) is 23.4 Å². The molecule has 0 aliphatic carbocycles. The molecular weight excluding hydrogens is 532 g/mol. The van der Waals surface area contributed by atoms with Crippen LogP contribution in [0.4, 0.5) is 5.69 Å². The summed E-state index contributed by atoms with van der Waals surface area (Å²) in [5.74, 6) is -0.122. The van der Waals surface area contributed by atoms with Crippen LogP contribution in [0.3, 0.4) is 0 Å². The van der Waals surface area contributed by atoms with Crippen molar-refractivity contribution in [3.8, 4) is 10.6 Å². The van der Waals surface area contributed by atoms with Crippen molar-refractivity contribution in [1.29, 1.82) is 0 Å². The highest BCUT2D eigenvalue weighted by atomic mass is 32.1. The fourth-order valence-corrected chi connectivity index (χ4v) is 5.89. The quantitative estimate of drug-likeness (QED) is 0.207. The van der Waals surface area contributed by atoms with Crippen molar-refractivity contribution < 1.29 is 19.4 Å². The number of fused-ring (bicyclic) bond motifs is 1. The number of thiazole rings is 1. The maximum Gasteiger partial charge on any atom is 0.290 e. The van der Waals surface area contributed by atoms with E-state index in [1.165, 1.54) is 5.56 Å². The molecule has 1 aromatic heterocycles. The van der Waals surface area contributed by atoms with Crippen molar-refractivity contribution in [3.05, 3.63) is 131 Å². The largest absolute Gasteiger partial charge is 0.459 e. The average molecular weight is 563 g/mol. The smallest absolute Gasteiger partial charge is 0.290 e. The number of hydrogen-bond acceptors (Lipinski definition) is 6. The van der Waals surface area contributed by atoms with Crippen molar-refractivity contribution >= 4 is 33.1 Å². The summed E-state index contributed by atoms with van der Waals surface area (Å²) in [5.41, 5.74) is 6.77. The van der Waals surface area contributed by atoms with Crippen LogP contribution in [-0.2, 0) is 27.5 Å². The zero-order valence-electron chi connectivity index (χ0n) is 22.6. The van der Waals surface area contributed by atoms with Crippen LogP contribution >= 0.6 is 11.3 Å². The fraction of sp³-hybridized carbons (Fsp3) is 0.176. The second-order valence-electron chi connectivity index (χ2n) is 10.1. The molecule has 41 heavy (non-hydrogen) atoms. The third kappa shape index (κ3) is 6.38. The van der Waals surface area contributed by atoms with Crippen molar-refractivity contribution in [2.24, 2.45) is 0 Å². The van der Waals surface area contributed by atoms with E-state index in [-0.39, 0.29) is 24.2 Å². The van der Waals surface area contributed by atoms with E-state index < -0.39 is 6.29 Å². The Bertz CT molecular complexity index is 1680. The molecule has 0 spiro atoms. The van der Waals surface area contributed by atoms with E-state index >= 15 is 0 Å². The Morgan fingerprint density at radius 1 is 1.00 bits per heavy atom. The lowest BCUT2D eigenvalue weighted by Gasteiger charge is -2.29. The van der Waals surface area contributed by atoms with Crippen LogP contribution in [0.5, 0.6) is 0 Å². The van der Waals surface area contributed by atoms with Gasteiger partial charge < -0.3 is 19.9 Å². The molecule has 2 heterocycles.